The van der Waals surface area contributed by atoms with E-state index in [0.717, 1.165) is 64.2 Å². The van der Waals surface area contributed by atoms with E-state index in [9.17, 15) is 19.0 Å². The maximum absolute atomic E-state index is 12.6. The molecule has 0 aromatic heterocycles. The lowest BCUT2D eigenvalue weighted by Crippen LogP contribution is -2.37. The van der Waals surface area contributed by atoms with Gasteiger partial charge >= 0.3 is 19.8 Å². The Hall–Kier alpha value is -1.51. The van der Waals surface area contributed by atoms with Crippen LogP contribution in [0.25, 0.3) is 0 Å². The maximum Gasteiger partial charge on any atom is 0.472 e. The zero-order valence-corrected chi connectivity index (χ0v) is 32.4. The van der Waals surface area contributed by atoms with Gasteiger partial charge in [0.25, 0.3) is 0 Å². The minimum atomic E-state index is -4.37. The molecule has 0 amide bonds. The Bertz CT molecular complexity index is 886. The average Bonchev–Trinajstić information content (AvgIpc) is 3.02. The molecule has 0 aromatic carbocycles. The fourth-order valence-corrected chi connectivity index (χ4v) is 5.65. The monoisotopic (exact) mass is 703 g/mol. The number of carbonyl (C=O) groups excluding carboxylic acids is 2. The molecule has 0 aliphatic rings. The van der Waals surface area contributed by atoms with Crippen LogP contribution in [0.3, 0.4) is 0 Å². The first-order valence-corrected chi connectivity index (χ1v) is 20.6. The zero-order chi connectivity index (χ0) is 35.8. The molecular weight excluding hydrogens is 629 g/mol. The predicted octanol–water partition coefficient (Wildman–Crippen LogP) is 10.0. The molecule has 48 heavy (non-hydrogen) atoms. The molecule has 1 N–H and O–H groups in total. The third kappa shape index (κ3) is 34.4. The van der Waals surface area contributed by atoms with Crippen molar-refractivity contribution in [3.05, 3.63) is 24.3 Å². The zero-order valence-electron chi connectivity index (χ0n) is 31.5. The quantitative estimate of drug-likeness (QED) is 0.0232. The average molecular weight is 703 g/mol. The van der Waals surface area contributed by atoms with E-state index in [1.165, 1.54) is 57.8 Å². The first kappa shape index (κ1) is 46.5. The fourth-order valence-electron chi connectivity index (χ4n) is 4.91. The number of allylic oxidation sites excluding steroid dienone is 4. The summed E-state index contributed by atoms with van der Waals surface area (Å²) in [7, 11) is 1.47. The largest absolute Gasteiger partial charge is 0.472 e. The van der Waals surface area contributed by atoms with Crippen molar-refractivity contribution in [2.45, 2.75) is 161 Å². The van der Waals surface area contributed by atoms with Crippen LogP contribution < -0.4 is 0 Å². The van der Waals surface area contributed by atoms with E-state index in [0.29, 0.717) is 17.4 Å². The third-order valence-corrected chi connectivity index (χ3v) is 8.97. The highest BCUT2D eigenvalue weighted by Gasteiger charge is 2.27. The number of likely N-dealkylation sites (N-methyl/N-ethyl adjacent to an activating group) is 1. The SMILES string of the molecule is CCCC/C=C/C/C=C/CCCCCCCC(=O)O[C@H](COC(=O)CCCCCCCCCCCC)COP(=O)(O)OCC[N+](C)(C)C. The van der Waals surface area contributed by atoms with Crippen molar-refractivity contribution < 1.29 is 42.1 Å². The van der Waals surface area contributed by atoms with Crippen molar-refractivity contribution in [3.63, 3.8) is 0 Å². The normalized spacial score (nSPS) is 14.0. The Balaban J connectivity index is 4.47. The number of hydrogen-bond donors (Lipinski definition) is 1. The predicted molar refractivity (Wildman–Crippen MR) is 197 cm³/mol. The highest BCUT2D eigenvalue weighted by Crippen LogP contribution is 2.43. The minimum absolute atomic E-state index is 0.0301. The molecule has 0 aromatic rings. The lowest BCUT2D eigenvalue weighted by atomic mass is 10.1. The van der Waals surface area contributed by atoms with Gasteiger partial charge < -0.3 is 18.9 Å². The van der Waals surface area contributed by atoms with E-state index >= 15 is 0 Å². The number of phosphoric ester groups is 1. The van der Waals surface area contributed by atoms with E-state index < -0.39 is 26.5 Å². The summed E-state index contributed by atoms with van der Waals surface area (Å²) in [5.41, 5.74) is 0. The highest BCUT2D eigenvalue weighted by molar-refractivity contribution is 7.47. The van der Waals surface area contributed by atoms with Crippen LogP contribution in [-0.4, -0.2) is 74.9 Å². The summed E-state index contributed by atoms with van der Waals surface area (Å²) in [6.45, 7) is 4.33. The molecule has 0 rings (SSSR count). The van der Waals surface area contributed by atoms with Crippen LogP contribution in [0.5, 0.6) is 0 Å². The minimum Gasteiger partial charge on any atom is -0.462 e. The molecule has 0 bridgehead atoms. The summed E-state index contributed by atoms with van der Waals surface area (Å²) in [6, 6.07) is 0. The van der Waals surface area contributed by atoms with Crippen molar-refractivity contribution in [2.75, 3.05) is 47.5 Å². The smallest absolute Gasteiger partial charge is 0.462 e. The van der Waals surface area contributed by atoms with Crippen LogP contribution in [0.2, 0.25) is 0 Å². The summed E-state index contributed by atoms with van der Waals surface area (Å²) in [4.78, 5) is 35.1. The molecule has 0 saturated carbocycles. The van der Waals surface area contributed by atoms with Gasteiger partial charge in [-0.15, -0.1) is 0 Å². The molecule has 9 nitrogen and oxygen atoms in total. The number of ether oxygens (including phenoxy) is 2. The second-order valence-electron chi connectivity index (χ2n) is 14.0. The van der Waals surface area contributed by atoms with E-state index in [2.05, 4.69) is 38.2 Å². The summed E-state index contributed by atoms with van der Waals surface area (Å²) in [5, 5.41) is 0. The van der Waals surface area contributed by atoms with Crippen LogP contribution in [0, 0.1) is 0 Å². The van der Waals surface area contributed by atoms with Gasteiger partial charge in [0.1, 0.15) is 19.8 Å². The van der Waals surface area contributed by atoms with Gasteiger partial charge in [0, 0.05) is 12.8 Å². The molecule has 10 heteroatoms. The van der Waals surface area contributed by atoms with Crippen molar-refractivity contribution in [1.29, 1.82) is 0 Å². The molecule has 282 valence electrons. The lowest BCUT2D eigenvalue weighted by Gasteiger charge is -2.24. The topological polar surface area (TPSA) is 108 Å². The molecular formula is C38H73NO8P+. The van der Waals surface area contributed by atoms with Crippen molar-refractivity contribution in [2.24, 2.45) is 0 Å². The van der Waals surface area contributed by atoms with Gasteiger partial charge in [0.2, 0.25) is 0 Å². The Kier molecular flexibility index (Phi) is 30.5. The van der Waals surface area contributed by atoms with Crippen LogP contribution in [0.4, 0.5) is 0 Å². The van der Waals surface area contributed by atoms with E-state index in [-0.39, 0.29) is 32.0 Å². The van der Waals surface area contributed by atoms with Gasteiger partial charge in [-0.1, -0.05) is 128 Å². The molecule has 2 atom stereocenters. The van der Waals surface area contributed by atoms with Gasteiger partial charge in [-0.2, -0.15) is 0 Å². The number of quaternary nitrogens is 1. The van der Waals surface area contributed by atoms with Crippen molar-refractivity contribution in [3.8, 4) is 0 Å². The van der Waals surface area contributed by atoms with Crippen LogP contribution in [-0.2, 0) is 32.7 Å². The first-order chi connectivity index (χ1) is 23.0. The Labute approximate surface area is 294 Å². The molecule has 0 aliphatic carbocycles. The highest BCUT2D eigenvalue weighted by atomic mass is 31.2. The number of nitrogens with zero attached hydrogens (tertiary/aromatic N) is 1. The second-order valence-corrected chi connectivity index (χ2v) is 15.4. The number of hydrogen-bond acceptors (Lipinski definition) is 7. The molecule has 0 fully saturated rings. The summed E-state index contributed by atoms with van der Waals surface area (Å²) < 4.78 is 34.1. The van der Waals surface area contributed by atoms with Gasteiger partial charge in [0.15, 0.2) is 6.10 Å². The van der Waals surface area contributed by atoms with Crippen LogP contribution in [0.1, 0.15) is 155 Å². The number of rotatable bonds is 34. The standard InChI is InChI=1S/C38H72NO8P/c1-6-8-10-12-14-16-18-19-20-21-23-25-27-29-31-38(41)47-36(35-46-48(42,43)45-33-32-39(3,4)5)34-44-37(40)30-28-26-24-22-17-15-13-11-9-7-2/h12,14,18-19,36H,6-11,13,15-17,20-35H2,1-5H3/p+1/b14-12+,19-18+/t36-/m1/s1. The molecule has 0 aliphatic heterocycles. The summed E-state index contributed by atoms with van der Waals surface area (Å²) in [5.74, 6) is -0.816. The van der Waals surface area contributed by atoms with Crippen LogP contribution in [0.15, 0.2) is 24.3 Å². The summed E-state index contributed by atoms with van der Waals surface area (Å²) in [6.07, 6.45) is 30.8. The van der Waals surface area contributed by atoms with Crippen molar-refractivity contribution >= 4 is 19.8 Å². The van der Waals surface area contributed by atoms with Gasteiger partial charge in [0.05, 0.1) is 27.7 Å². The maximum atomic E-state index is 12.6. The Morgan fingerprint density at radius 1 is 0.646 bits per heavy atom. The number of carbonyl (C=O) groups is 2. The number of esters is 2. The molecule has 0 radical (unpaired) electrons. The van der Waals surface area contributed by atoms with E-state index in [4.69, 9.17) is 18.5 Å². The Morgan fingerprint density at radius 3 is 1.71 bits per heavy atom. The number of phosphoric acid groups is 1. The van der Waals surface area contributed by atoms with Gasteiger partial charge in [-0.25, -0.2) is 4.57 Å². The van der Waals surface area contributed by atoms with Crippen molar-refractivity contribution in [1.82, 2.24) is 0 Å². The van der Waals surface area contributed by atoms with Gasteiger partial charge in [-0.05, 0) is 38.5 Å². The lowest BCUT2D eigenvalue weighted by molar-refractivity contribution is -0.870. The fraction of sp³-hybridized carbons (Fsp3) is 0.842. The van der Waals surface area contributed by atoms with Gasteiger partial charge in [-0.3, -0.25) is 18.6 Å². The molecule has 0 saturated heterocycles. The Morgan fingerprint density at radius 2 is 1.15 bits per heavy atom. The molecule has 1 unspecified atom stereocenters. The summed E-state index contributed by atoms with van der Waals surface area (Å²) >= 11 is 0. The van der Waals surface area contributed by atoms with Crippen LogP contribution >= 0.6 is 7.82 Å². The molecule has 0 spiro atoms. The number of unbranched alkanes of at least 4 members (excludes halogenated alkanes) is 16. The third-order valence-electron chi connectivity index (χ3n) is 7.98. The second kappa shape index (κ2) is 31.5. The first-order valence-electron chi connectivity index (χ1n) is 19.1. The van der Waals surface area contributed by atoms with E-state index in [1.807, 2.05) is 21.1 Å². The van der Waals surface area contributed by atoms with E-state index in [1.54, 1.807) is 0 Å². The molecule has 0 heterocycles.